The number of carbonyl (C=O) groups excluding carboxylic acids is 3. The number of allylic oxidation sites excluding steroid dienone is 4. The maximum Gasteiger partial charge on any atom is 0.309 e. The average Bonchev–Trinajstić information content (AvgIpc) is 3.22. The molecule has 0 bridgehead atoms. The fourth-order valence-electron chi connectivity index (χ4n) is 7.53. The highest BCUT2D eigenvalue weighted by Crippen LogP contribution is 2.69. The van der Waals surface area contributed by atoms with Gasteiger partial charge in [0.2, 0.25) is 0 Å². The van der Waals surface area contributed by atoms with Gasteiger partial charge in [0.25, 0.3) is 0 Å². The Kier molecular flexibility index (Phi) is 3.98. The molecule has 5 heteroatoms. The fraction of sp³-hybridized carbons (Fsp3) is 0.708. The van der Waals surface area contributed by atoms with Gasteiger partial charge in [-0.15, -0.1) is 0 Å². The molecule has 0 radical (unpaired) electrons. The normalized spacial score (nSPS) is 45.7. The number of esters is 2. The van der Waals surface area contributed by atoms with E-state index in [4.69, 9.17) is 9.47 Å². The molecule has 5 aliphatic rings. The lowest BCUT2D eigenvalue weighted by Crippen LogP contribution is -2.53. The molecule has 29 heavy (non-hydrogen) atoms. The zero-order valence-corrected chi connectivity index (χ0v) is 17.6. The maximum absolute atomic E-state index is 12.9. The Morgan fingerprint density at radius 2 is 1.97 bits per heavy atom. The summed E-state index contributed by atoms with van der Waals surface area (Å²) in [6.07, 6.45) is 10.1. The number of ketones is 1. The lowest BCUT2D eigenvalue weighted by atomic mass is 9.48. The zero-order chi connectivity index (χ0) is 20.6. The molecule has 0 N–H and O–H groups in total. The van der Waals surface area contributed by atoms with Gasteiger partial charge in [-0.1, -0.05) is 31.1 Å². The molecule has 1 spiro atoms. The summed E-state index contributed by atoms with van der Waals surface area (Å²) in [7, 11) is 1.46. The summed E-state index contributed by atoms with van der Waals surface area (Å²) in [6, 6.07) is 0. The predicted octanol–water partition coefficient (Wildman–Crippen LogP) is 3.91. The number of hydrogen-bond acceptors (Lipinski definition) is 5. The average molecular weight is 398 g/mol. The van der Waals surface area contributed by atoms with Crippen LogP contribution in [0.3, 0.4) is 0 Å². The van der Waals surface area contributed by atoms with Crippen LogP contribution in [-0.2, 0) is 23.9 Å². The smallest absolute Gasteiger partial charge is 0.309 e. The van der Waals surface area contributed by atoms with Gasteiger partial charge >= 0.3 is 11.9 Å². The molecule has 0 amide bonds. The molecule has 3 fully saturated rings. The minimum Gasteiger partial charge on any atom is -0.469 e. The summed E-state index contributed by atoms with van der Waals surface area (Å²) in [6.45, 7) is 4.52. The van der Waals surface area contributed by atoms with E-state index in [2.05, 4.69) is 19.9 Å². The van der Waals surface area contributed by atoms with Crippen molar-refractivity contribution in [3.05, 3.63) is 23.3 Å². The fourth-order valence-corrected chi connectivity index (χ4v) is 7.53. The first-order chi connectivity index (χ1) is 13.7. The SMILES string of the molecule is COC(=O)[C@@H]1CC2=CC(=O)CC[C@]2(C)C2=CC[C@]3(C)[C@H](CC[C@]34CCC(=O)O4)[C@H]21. The molecular weight excluding hydrogens is 368 g/mol. The lowest BCUT2D eigenvalue weighted by Gasteiger charge is -2.56. The number of hydrogen-bond donors (Lipinski definition) is 0. The molecule has 6 atom stereocenters. The molecule has 0 aromatic rings. The lowest BCUT2D eigenvalue weighted by molar-refractivity contribution is -0.163. The van der Waals surface area contributed by atoms with Crippen molar-refractivity contribution in [3.63, 3.8) is 0 Å². The van der Waals surface area contributed by atoms with Crippen LogP contribution in [0.25, 0.3) is 0 Å². The molecule has 1 heterocycles. The van der Waals surface area contributed by atoms with Crippen molar-refractivity contribution in [2.75, 3.05) is 7.11 Å². The third-order valence-electron chi connectivity index (χ3n) is 9.23. The number of methoxy groups -OCH3 is 1. The molecule has 5 rings (SSSR count). The summed E-state index contributed by atoms with van der Waals surface area (Å²) in [5.41, 5.74) is 1.72. The maximum atomic E-state index is 12.9. The van der Waals surface area contributed by atoms with E-state index >= 15 is 0 Å². The Hall–Kier alpha value is -1.91. The quantitative estimate of drug-likeness (QED) is 0.495. The van der Waals surface area contributed by atoms with Gasteiger partial charge in [0.1, 0.15) is 5.60 Å². The van der Waals surface area contributed by atoms with E-state index in [9.17, 15) is 14.4 Å². The summed E-state index contributed by atoms with van der Waals surface area (Å²) in [5, 5.41) is 0. The van der Waals surface area contributed by atoms with Crippen LogP contribution in [0, 0.1) is 28.6 Å². The van der Waals surface area contributed by atoms with Gasteiger partial charge in [-0.25, -0.2) is 0 Å². The van der Waals surface area contributed by atoms with Crippen LogP contribution in [0.4, 0.5) is 0 Å². The summed E-state index contributed by atoms with van der Waals surface area (Å²) in [4.78, 5) is 37.1. The number of fused-ring (bicyclic) bond motifs is 6. The van der Waals surface area contributed by atoms with E-state index in [0.29, 0.717) is 19.3 Å². The minimum atomic E-state index is -0.392. The topological polar surface area (TPSA) is 69.7 Å². The number of carbonyl (C=O) groups is 3. The highest BCUT2D eigenvalue weighted by molar-refractivity contribution is 5.92. The largest absolute Gasteiger partial charge is 0.469 e. The molecule has 1 saturated heterocycles. The van der Waals surface area contributed by atoms with Crippen molar-refractivity contribution < 1.29 is 23.9 Å². The second kappa shape index (κ2) is 6.05. The van der Waals surface area contributed by atoms with E-state index in [0.717, 1.165) is 37.7 Å². The molecule has 156 valence electrons. The van der Waals surface area contributed by atoms with Crippen LogP contribution in [0.15, 0.2) is 23.3 Å². The van der Waals surface area contributed by atoms with Gasteiger partial charge in [-0.2, -0.15) is 0 Å². The molecule has 1 aliphatic heterocycles. The minimum absolute atomic E-state index is 0.0854. The molecular formula is C24H30O5. The van der Waals surface area contributed by atoms with Crippen molar-refractivity contribution in [2.45, 2.75) is 70.8 Å². The van der Waals surface area contributed by atoms with Crippen molar-refractivity contribution in [3.8, 4) is 0 Å². The van der Waals surface area contributed by atoms with Gasteiger partial charge < -0.3 is 9.47 Å². The van der Waals surface area contributed by atoms with Crippen LogP contribution in [0.5, 0.6) is 0 Å². The molecule has 0 aromatic heterocycles. The van der Waals surface area contributed by atoms with E-state index < -0.39 is 5.60 Å². The van der Waals surface area contributed by atoms with E-state index in [-0.39, 0.29) is 46.3 Å². The van der Waals surface area contributed by atoms with Crippen LogP contribution in [0.1, 0.15) is 65.2 Å². The summed E-state index contributed by atoms with van der Waals surface area (Å²) < 4.78 is 11.2. The summed E-state index contributed by atoms with van der Waals surface area (Å²) >= 11 is 0. The van der Waals surface area contributed by atoms with Crippen LogP contribution >= 0.6 is 0 Å². The first-order valence-corrected chi connectivity index (χ1v) is 11.0. The number of ether oxygens (including phenoxy) is 2. The van der Waals surface area contributed by atoms with Crippen molar-refractivity contribution in [2.24, 2.45) is 28.6 Å². The standard InChI is InChI=1S/C24H30O5/c1-22-8-4-15(25)12-14(22)13-16(21(27)28-3)20-17(22)5-9-23(2)18(20)6-10-24(23)11-7-19(26)29-24/h5,12,16,18,20H,4,6-11,13H2,1-3H3/t16-,18-,20+,22+,23-,24+/m1/s1. The molecule has 0 aromatic carbocycles. The number of rotatable bonds is 1. The Labute approximate surface area is 171 Å². The Morgan fingerprint density at radius 3 is 2.66 bits per heavy atom. The Morgan fingerprint density at radius 1 is 1.17 bits per heavy atom. The Bertz CT molecular complexity index is 868. The second-order valence-corrected chi connectivity index (χ2v) is 10.2. The van der Waals surface area contributed by atoms with Crippen LogP contribution in [0.2, 0.25) is 0 Å². The van der Waals surface area contributed by atoms with Crippen molar-refractivity contribution in [1.82, 2.24) is 0 Å². The zero-order valence-electron chi connectivity index (χ0n) is 17.6. The highest BCUT2D eigenvalue weighted by Gasteiger charge is 2.67. The highest BCUT2D eigenvalue weighted by atomic mass is 16.6. The van der Waals surface area contributed by atoms with Crippen LogP contribution < -0.4 is 0 Å². The van der Waals surface area contributed by atoms with Crippen molar-refractivity contribution in [1.29, 1.82) is 0 Å². The first-order valence-electron chi connectivity index (χ1n) is 11.0. The first kappa shape index (κ1) is 19.1. The molecule has 2 saturated carbocycles. The summed E-state index contributed by atoms with van der Waals surface area (Å²) in [5.74, 6) is 0.00356. The van der Waals surface area contributed by atoms with E-state index in [1.807, 2.05) is 0 Å². The van der Waals surface area contributed by atoms with E-state index in [1.165, 1.54) is 12.7 Å². The van der Waals surface area contributed by atoms with Gasteiger partial charge in [-0.3, -0.25) is 14.4 Å². The Balaban J connectivity index is 1.63. The predicted molar refractivity (Wildman–Crippen MR) is 106 cm³/mol. The van der Waals surface area contributed by atoms with Crippen LogP contribution in [-0.4, -0.2) is 30.4 Å². The molecule has 4 aliphatic carbocycles. The third-order valence-corrected chi connectivity index (χ3v) is 9.23. The van der Waals surface area contributed by atoms with Gasteiger partial charge in [0, 0.05) is 23.7 Å². The van der Waals surface area contributed by atoms with Crippen molar-refractivity contribution >= 4 is 17.7 Å². The second-order valence-electron chi connectivity index (χ2n) is 10.2. The van der Waals surface area contributed by atoms with E-state index in [1.54, 1.807) is 6.08 Å². The van der Waals surface area contributed by atoms with Gasteiger partial charge in [0.15, 0.2) is 5.78 Å². The monoisotopic (exact) mass is 398 g/mol. The van der Waals surface area contributed by atoms with Gasteiger partial charge in [-0.05, 0) is 56.4 Å². The molecule has 5 nitrogen and oxygen atoms in total. The van der Waals surface area contributed by atoms with Gasteiger partial charge in [0.05, 0.1) is 13.0 Å². The third kappa shape index (κ3) is 2.36. The molecule has 0 unspecified atom stereocenters.